The van der Waals surface area contributed by atoms with Gasteiger partial charge in [0.05, 0.1) is 11.4 Å². The molecule has 1 aliphatic heterocycles. The number of carbonyl (C=O) groups is 2. The molecule has 0 saturated carbocycles. The second-order valence-corrected chi connectivity index (χ2v) is 17.0. The highest BCUT2D eigenvalue weighted by molar-refractivity contribution is 8.45. The average Bonchev–Trinajstić information content (AvgIpc) is 3.32. The molecule has 0 bridgehead atoms. The van der Waals surface area contributed by atoms with Crippen LogP contribution >= 0.6 is 10.2 Å². The zero-order valence-corrected chi connectivity index (χ0v) is 33.4. The maximum absolute atomic E-state index is 14.5. The van der Waals surface area contributed by atoms with Gasteiger partial charge in [0.2, 0.25) is 11.7 Å². The van der Waals surface area contributed by atoms with Gasteiger partial charge >= 0.3 is 10.2 Å². The molecule has 1 saturated heterocycles. The molecule has 0 spiro atoms. The molecule has 2 amide bonds. The van der Waals surface area contributed by atoms with Crippen molar-refractivity contribution in [3.63, 3.8) is 0 Å². The van der Waals surface area contributed by atoms with Crippen LogP contribution in [0.2, 0.25) is 0 Å². The van der Waals surface area contributed by atoms with Crippen molar-refractivity contribution in [3.05, 3.63) is 106 Å². The first-order valence-electron chi connectivity index (χ1n) is 19.4. The molecule has 13 nitrogen and oxygen atoms in total. The van der Waals surface area contributed by atoms with Gasteiger partial charge in [-0.15, -0.1) is 5.10 Å². The average molecular weight is 842 g/mol. The van der Waals surface area contributed by atoms with E-state index in [0.717, 1.165) is 49.0 Å². The van der Waals surface area contributed by atoms with Crippen molar-refractivity contribution < 1.29 is 33.8 Å². The van der Waals surface area contributed by atoms with E-state index in [1.165, 1.54) is 10.8 Å². The predicted molar refractivity (Wildman–Crippen MR) is 214 cm³/mol. The lowest BCUT2D eigenvalue weighted by Gasteiger charge is -2.40. The first-order valence-corrected chi connectivity index (χ1v) is 21.3. The van der Waals surface area contributed by atoms with Gasteiger partial charge in [-0.3, -0.25) is 14.4 Å². The molecule has 1 N–H and O–H groups in total. The summed E-state index contributed by atoms with van der Waals surface area (Å²) in [5, 5.41) is 7.14. The van der Waals surface area contributed by atoms with Crippen LogP contribution in [0, 0.1) is 6.92 Å². The number of anilines is 2. The number of amides is 2. The molecule has 59 heavy (non-hydrogen) atoms. The molecule has 4 heterocycles. The fourth-order valence-corrected chi connectivity index (χ4v) is 8.08. The second-order valence-electron chi connectivity index (χ2n) is 14.6. The molecule has 7 rings (SSSR count). The van der Waals surface area contributed by atoms with Crippen molar-refractivity contribution in [2.75, 3.05) is 36.4 Å². The van der Waals surface area contributed by atoms with E-state index in [1.807, 2.05) is 42.2 Å². The zero-order chi connectivity index (χ0) is 42.0. The minimum atomic E-state index is -9.92. The molecule has 0 radical (unpaired) electrons. The largest absolute Gasteiger partial charge is 0.485 e. The molecule has 314 valence electrons. The minimum Gasteiger partial charge on any atom is -0.485 e. The first kappa shape index (κ1) is 41.3. The molecule has 2 aliphatic rings. The molecule has 1 aliphatic carbocycles. The van der Waals surface area contributed by atoms with Crippen molar-refractivity contribution in [3.8, 4) is 5.75 Å². The van der Waals surface area contributed by atoms with E-state index in [1.54, 1.807) is 16.4 Å². The third kappa shape index (κ3) is 9.24. The van der Waals surface area contributed by atoms with E-state index in [0.29, 0.717) is 43.1 Å². The summed E-state index contributed by atoms with van der Waals surface area (Å²) in [6.45, 7) is 4.50. The third-order valence-corrected chi connectivity index (χ3v) is 11.5. The van der Waals surface area contributed by atoms with Crippen LogP contribution in [0.1, 0.15) is 78.7 Å². The van der Waals surface area contributed by atoms with E-state index in [-0.39, 0.29) is 72.8 Å². The fraction of sp³-hybridized carbons (Fsp3) is 0.375. The molecular formula is C40H44F5N9O4S. The smallest absolute Gasteiger partial charge is 0.310 e. The highest BCUT2D eigenvalue weighted by Crippen LogP contribution is 3.02. The quantitative estimate of drug-likeness (QED) is 0.131. The van der Waals surface area contributed by atoms with Gasteiger partial charge in [-0.05, 0) is 80.9 Å². The zero-order valence-electron chi connectivity index (χ0n) is 32.6. The van der Waals surface area contributed by atoms with Crippen LogP contribution in [0.5, 0.6) is 5.75 Å². The van der Waals surface area contributed by atoms with Gasteiger partial charge in [0, 0.05) is 31.9 Å². The van der Waals surface area contributed by atoms with Gasteiger partial charge in [-0.2, -0.15) is 9.50 Å². The number of hydrogen-bond donors (Lipinski definition) is 1. The number of aromatic nitrogens is 6. The number of halogens is 5. The number of aryl methyl sites for hydroxylation is 1. The molecule has 0 unspecified atom stereocenters. The van der Waals surface area contributed by atoms with E-state index in [9.17, 15) is 33.8 Å². The molecule has 3 aromatic heterocycles. The summed E-state index contributed by atoms with van der Waals surface area (Å²) in [5.41, 5.74) is 2.53. The Morgan fingerprint density at radius 1 is 0.898 bits per heavy atom. The Labute approximate surface area is 336 Å². The van der Waals surface area contributed by atoms with Crippen molar-refractivity contribution in [2.45, 2.75) is 76.8 Å². The monoisotopic (exact) mass is 841 g/mol. The number of allylic oxidation sites excluding steroid dienone is 2. The van der Waals surface area contributed by atoms with E-state index < -0.39 is 33.1 Å². The van der Waals surface area contributed by atoms with E-state index >= 15 is 0 Å². The van der Waals surface area contributed by atoms with Crippen molar-refractivity contribution in [1.82, 2.24) is 34.0 Å². The maximum atomic E-state index is 14.5. The summed E-state index contributed by atoms with van der Waals surface area (Å²) < 4.78 is 75.6. The van der Waals surface area contributed by atoms with Crippen LogP contribution < -0.4 is 20.5 Å². The second kappa shape index (κ2) is 15.7. The minimum absolute atomic E-state index is 0.0935. The molecule has 1 fully saturated rings. The predicted octanol–water partition coefficient (Wildman–Crippen LogP) is 8.13. The van der Waals surface area contributed by atoms with Crippen molar-refractivity contribution in [2.24, 2.45) is 0 Å². The Balaban J connectivity index is 1.19. The van der Waals surface area contributed by atoms with Gasteiger partial charge in [0.25, 0.3) is 11.5 Å². The number of fused-ring (bicyclic) bond motifs is 1. The molecule has 5 aromatic rings. The number of nitrogens with one attached hydrogen (secondary N) is 1. The van der Waals surface area contributed by atoms with Gasteiger partial charge in [-0.1, -0.05) is 69.2 Å². The third-order valence-electron chi connectivity index (χ3n) is 10.4. The molecule has 19 heteroatoms. The van der Waals surface area contributed by atoms with E-state index in [4.69, 9.17) is 9.72 Å². The lowest BCUT2D eigenvalue weighted by atomic mass is 10.1. The van der Waals surface area contributed by atoms with Crippen LogP contribution in [-0.4, -0.2) is 72.0 Å². The van der Waals surface area contributed by atoms with Crippen LogP contribution in [0.3, 0.4) is 0 Å². The van der Waals surface area contributed by atoms with Gasteiger partial charge in [0.15, 0.2) is 17.3 Å². The Morgan fingerprint density at radius 3 is 2.39 bits per heavy atom. The van der Waals surface area contributed by atoms with Crippen LogP contribution in [0.25, 0.3) is 11.4 Å². The Hall–Kier alpha value is -5.85. The van der Waals surface area contributed by atoms with E-state index in [2.05, 4.69) is 26.5 Å². The van der Waals surface area contributed by atoms with Crippen LogP contribution in [0.15, 0.2) is 76.7 Å². The summed E-state index contributed by atoms with van der Waals surface area (Å²) in [7, 11) is -9.92. The topological polar surface area (TPSA) is 140 Å². The Kier molecular flexibility index (Phi) is 11.0. The SMILES string of the molecule is CCc1c(N2CCCN(C(=O)c3ncnc(C)c3OCc3ccccc3)CC2)c(=O)n2nc(C3=CCCCCC3)nc2n1CC(=O)Nc1ccc(S(F)(F)(F)(F)F)cc1. The van der Waals surface area contributed by atoms with Gasteiger partial charge in [0.1, 0.15) is 30.1 Å². The highest BCUT2D eigenvalue weighted by Gasteiger charge is 2.65. The maximum Gasteiger partial charge on any atom is 0.310 e. The van der Waals surface area contributed by atoms with Crippen molar-refractivity contribution >= 4 is 44.8 Å². The Bertz CT molecular complexity index is 2480. The number of rotatable bonds is 11. The standard InChI is InChI=1S/C40H44F5N9O4S/c1-3-32-35(51-20-11-21-52(23-22-51)38(56)34-36(27(2)46-26-47-34)58-25-28-12-7-6-8-13-28)39(57)54-40(49-37(50-54)29-14-9-4-5-10-15-29)53(32)24-33(55)48-30-16-18-31(19-17-30)59(41,42,43,44)45/h6-8,12-14,16-19,26H,3-5,9-11,15,20-25H2,1-2H3,(H,48,55). The summed E-state index contributed by atoms with van der Waals surface area (Å²) in [4.78, 5) is 56.9. The normalized spacial score (nSPS) is 16.4. The highest BCUT2D eigenvalue weighted by atomic mass is 32.5. The number of carbonyl (C=O) groups excluding carboxylic acids is 2. The number of nitrogens with zero attached hydrogens (tertiary/aromatic N) is 8. The fourth-order valence-electron chi connectivity index (χ4n) is 7.43. The van der Waals surface area contributed by atoms with Gasteiger partial charge in [-0.25, -0.2) is 9.97 Å². The molecule has 0 atom stereocenters. The van der Waals surface area contributed by atoms with Crippen molar-refractivity contribution in [1.29, 1.82) is 0 Å². The van der Waals surface area contributed by atoms with Crippen LogP contribution in [0.4, 0.5) is 30.8 Å². The molecule has 2 aromatic carbocycles. The number of ether oxygens (including phenoxy) is 1. The first-order chi connectivity index (χ1) is 28.0. The lowest BCUT2D eigenvalue weighted by molar-refractivity contribution is -0.116. The Morgan fingerprint density at radius 2 is 1.66 bits per heavy atom. The number of hydrogen-bond acceptors (Lipinski definition) is 9. The van der Waals surface area contributed by atoms with Crippen LogP contribution in [-0.2, 0) is 24.4 Å². The lowest BCUT2D eigenvalue weighted by Crippen LogP contribution is -2.39. The summed E-state index contributed by atoms with van der Waals surface area (Å²) in [6.07, 6.45) is 8.58. The summed E-state index contributed by atoms with van der Waals surface area (Å²) in [6, 6.07) is 11.5. The summed E-state index contributed by atoms with van der Waals surface area (Å²) in [5.74, 6) is -0.332. The van der Waals surface area contributed by atoms with Gasteiger partial charge < -0.3 is 24.4 Å². The molecular weight excluding hydrogens is 798 g/mol. The number of benzene rings is 2. The summed E-state index contributed by atoms with van der Waals surface area (Å²) >= 11 is 0.